The second-order valence-electron chi connectivity index (χ2n) is 5.96. The van der Waals surface area contributed by atoms with Gasteiger partial charge < -0.3 is 19.9 Å². The minimum absolute atomic E-state index is 0.0931. The van der Waals surface area contributed by atoms with Gasteiger partial charge in [-0.2, -0.15) is 4.31 Å². The molecule has 1 fully saturated rings. The van der Waals surface area contributed by atoms with Crippen molar-refractivity contribution >= 4 is 27.1 Å². The van der Waals surface area contributed by atoms with Crippen LogP contribution in [0.3, 0.4) is 0 Å². The number of anilines is 2. The van der Waals surface area contributed by atoms with E-state index in [4.69, 9.17) is 9.47 Å². The van der Waals surface area contributed by atoms with Gasteiger partial charge in [0.05, 0.1) is 30.1 Å². The molecule has 2 aromatic rings. The smallest absolute Gasteiger partial charge is 0.294 e. The minimum atomic E-state index is -3.86. The molecule has 0 amide bonds. The molecular formula is C17H19N3O7S. The Bertz CT molecular complexity index is 988. The fourth-order valence-corrected chi connectivity index (χ4v) is 4.22. The molecule has 2 N–H and O–H groups in total. The topological polar surface area (TPSA) is 131 Å². The Kier molecular flexibility index (Phi) is 5.68. The van der Waals surface area contributed by atoms with Crippen molar-refractivity contribution in [3.63, 3.8) is 0 Å². The van der Waals surface area contributed by atoms with Gasteiger partial charge in [0.25, 0.3) is 5.69 Å². The summed E-state index contributed by atoms with van der Waals surface area (Å²) < 4.78 is 36.8. The lowest BCUT2D eigenvalue weighted by molar-refractivity contribution is -0.384. The van der Waals surface area contributed by atoms with E-state index >= 15 is 0 Å². The third-order valence-corrected chi connectivity index (χ3v) is 6.13. The number of nitrogens with one attached hydrogen (secondary N) is 1. The summed E-state index contributed by atoms with van der Waals surface area (Å²) in [5, 5.41) is 24.2. The number of morpholine rings is 1. The molecule has 0 radical (unpaired) electrons. The molecule has 0 saturated carbocycles. The zero-order chi connectivity index (χ0) is 20.3. The van der Waals surface area contributed by atoms with Gasteiger partial charge in [0, 0.05) is 30.9 Å². The third kappa shape index (κ3) is 4.01. The predicted molar refractivity (Wildman–Crippen MR) is 101 cm³/mol. The molecule has 0 aliphatic carbocycles. The van der Waals surface area contributed by atoms with Crippen molar-refractivity contribution in [3.05, 3.63) is 46.5 Å². The number of phenols is 1. The van der Waals surface area contributed by atoms with Crippen molar-refractivity contribution in [2.24, 2.45) is 0 Å². The monoisotopic (exact) mass is 409 g/mol. The summed E-state index contributed by atoms with van der Waals surface area (Å²) in [7, 11) is -2.46. The average molecular weight is 409 g/mol. The highest BCUT2D eigenvalue weighted by molar-refractivity contribution is 7.89. The summed E-state index contributed by atoms with van der Waals surface area (Å²) in [6.45, 7) is 0.951. The molecular weight excluding hydrogens is 390 g/mol. The van der Waals surface area contributed by atoms with E-state index in [1.807, 2.05) is 0 Å². The lowest BCUT2D eigenvalue weighted by atomic mass is 10.2. The fourth-order valence-electron chi connectivity index (χ4n) is 2.79. The highest BCUT2D eigenvalue weighted by Gasteiger charge is 2.29. The maximum absolute atomic E-state index is 12.7. The van der Waals surface area contributed by atoms with Crippen molar-refractivity contribution in [2.75, 3.05) is 38.7 Å². The van der Waals surface area contributed by atoms with Crippen LogP contribution in [-0.4, -0.2) is 56.2 Å². The van der Waals surface area contributed by atoms with Crippen LogP contribution >= 0.6 is 0 Å². The molecule has 10 nitrogen and oxygen atoms in total. The summed E-state index contributed by atoms with van der Waals surface area (Å²) in [4.78, 5) is 10.7. The molecule has 0 bridgehead atoms. The molecule has 0 spiro atoms. The number of nitro groups is 1. The summed E-state index contributed by atoms with van der Waals surface area (Å²) in [6.07, 6.45) is 0. The van der Waals surface area contributed by atoms with E-state index in [9.17, 15) is 23.6 Å². The van der Waals surface area contributed by atoms with Crippen LogP contribution in [-0.2, 0) is 14.8 Å². The van der Waals surface area contributed by atoms with Crippen LogP contribution in [0.15, 0.2) is 41.3 Å². The van der Waals surface area contributed by atoms with E-state index < -0.39 is 20.6 Å². The van der Waals surface area contributed by atoms with Crippen molar-refractivity contribution < 1.29 is 27.9 Å². The van der Waals surface area contributed by atoms with Crippen LogP contribution in [0.5, 0.6) is 11.5 Å². The molecule has 28 heavy (non-hydrogen) atoms. The average Bonchev–Trinajstić information content (AvgIpc) is 2.69. The number of nitrogens with zero attached hydrogens (tertiary/aromatic N) is 2. The van der Waals surface area contributed by atoms with Gasteiger partial charge in [-0.15, -0.1) is 0 Å². The Balaban J connectivity index is 1.93. The maximum Gasteiger partial charge on any atom is 0.294 e. The number of rotatable bonds is 6. The fraction of sp³-hybridized carbons (Fsp3) is 0.294. The molecule has 3 rings (SSSR count). The van der Waals surface area contributed by atoms with E-state index in [2.05, 4.69) is 5.32 Å². The van der Waals surface area contributed by atoms with Crippen LogP contribution in [0.1, 0.15) is 0 Å². The first-order valence-electron chi connectivity index (χ1n) is 8.33. The third-order valence-electron chi connectivity index (χ3n) is 4.23. The molecule has 0 atom stereocenters. The first-order valence-corrected chi connectivity index (χ1v) is 9.77. The lowest BCUT2D eigenvalue weighted by Gasteiger charge is -2.26. The van der Waals surface area contributed by atoms with E-state index in [1.165, 1.54) is 35.7 Å². The quantitative estimate of drug-likeness (QED) is 0.548. The zero-order valence-corrected chi connectivity index (χ0v) is 15.8. The van der Waals surface area contributed by atoms with Crippen molar-refractivity contribution in [3.8, 4) is 11.5 Å². The number of hydrogen-bond acceptors (Lipinski definition) is 8. The molecule has 0 unspecified atom stereocenters. The van der Waals surface area contributed by atoms with Crippen LogP contribution in [0.4, 0.5) is 17.1 Å². The van der Waals surface area contributed by atoms with Crippen molar-refractivity contribution in [1.29, 1.82) is 0 Å². The van der Waals surface area contributed by atoms with E-state index in [1.54, 1.807) is 6.07 Å². The number of benzene rings is 2. The van der Waals surface area contributed by atoms with Crippen LogP contribution in [0, 0.1) is 10.1 Å². The van der Waals surface area contributed by atoms with Gasteiger partial charge in [-0.3, -0.25) is 10.1 Å². The number of ether oxygens (including phenoxy) is 2. The van der Waals surface area contributed by atoms with Crippen molar-refractivity contribution in [2.45, 2.75) is 4.90 Å². The second-order valence-corrected chi connectivity index (χ2v) is 7.90. The number of aromatic hydroxyl groups is 1. The second kappa shape index (κ2) is 8.00. The molecule has 150 valence electrons. The Labute approximate surface area is 161 Å². The van der Waals surface area contributed by atoms with Gasteiger partial charge in [-0.1, -0.05) is 0 Å². The molecule has 1 aliphatic heterocycles. The highest BCUT2D eigenvalue weighted by atomic mass is 32.2. The maximum atomic E-state index is 12.7. The molecule has 2 aromatic carbocycles. The van der Waals surface area contributed by atoms with Gasteiger partial charge in [0.2, 0.25) is 10.0 Å². The van der Waals surface area contributed by atoms with E-state index in [0.717, 1.165) is 6.07 Å². The van der Waals surface area contributed by atoms with E-state index in [0.29, 0.717) is 5.69 Å². The van der Waals surface area contributed by atoms with Crippen LogP contribution in [0.25, 0.3) is 0 Å². The number of phenolic OH excluding ortho intramolecular Hbond substituents is 1. The van der Waals surface area contributed by atoms with Crippen LogP contribution < -0.4 is 10.1 Å². The number of hydrogen-bond donors (Lipinski definition) is 2. The van der Waals surface area contributed by atoms with E-state index in [-0.39, 0.29) is 48.4 Å². The molecule has 1 aliphatic rings. The summed E-state index contributed by atoms with van der Waals surface area (Å²) in [5.74, 6) is 0.119. The SMILES string of the molecule is COc1ccc(Nc2ccc(S(=O)(=O)N3CCOCC3)cc2[N+](=O)[O-])cc1O. The molecule has 0 aromatic heterocycles. The predicted octanol–water partition coefficient (Wildman–Crippen LogP) is 2.07. The molecule has 11 heteroatoms. The minimum Gasteiger partial charge on any atom is -0.504 e. The molecule has 1 heterocycles. The Morgan fingerprint density at radius 2 is 1.93 bits per heavy atom. The largest absolute Gasteiger partial charge is 0.504 e. The van der Waals surface area contributed by atoms with Gasteiger partial charge in [-0.25, -0.2) is 8.42 Å². The standard InChI is InChI=1S/C17H19N3O7S/c1-26-17-5-2-12(10-16(17)21)18-14-4-3-13(11-15(14)20(22)23)28(24,25)19-6-8-27-9-7-19/h2-5,10-11,18,21H,6-9H2,1H3. The Morgan fingerprint density at radius 3 is 2.54 bits per heavy atom. The Hall–Kier alpha value is -2.89. The first kappa shape index (κ1) is 19.9. The lowest BCUT2D eigenvalue weighted by Crippen LogP contribution is -2.40. The number of sulfonamides is 1. The zero-order valence-electron chi connectivity index (χ0n) is 15.0. The summed E-state index contributed by atoms with van der Waals surface area (Å²) in [5.41, 5.74) is 0.0744. The highest BCUT2D eigenvalue weighted by Crippen LogP contribution is 2.34. The first-order chi connectivity index (χ1) is 13.3. The summed E-state index contributed by atoms with van der Waals surface area (Å²) in [6, 6.07) is 8.08. The summed E-state index contributed by atoms with van der Waals surface area (Å²) >= 11 is 0. The Morgan fingerprint density at radius 1 is 1.21 bits per heavy atom. The van der Waals surface area contributed by atoms with Gasteiger partial charge >= 0.3 is 0 Å². The normalized spacial score (nSPS) is 15.2. The van der Waals surface area contributed by atoms with Gasteiger partial charge in [-0.05, 0) is 24.3 Å². The van der Waals surface area contributed by atoms with Crippen molar-refractivity contribution in [1.82, 2.24) is 4.31 Å². The number of nitro benzene ring substituents is 1. The molecule has 1 saturated heterocycles. The van der Waals surface area contributed by atoms with Gasteiger partial charge in [0.15, 0.2) is 11.5 Å². The number of methoxy groups -OCH3 is 1. The van der Waals surface area contributed by atoms with Crippen LogP contribution in [0.2, 0.25) is 0 Å². The van der Waals surface area contributed by atoms with Gasteiger partial charge in [0.1, 0.15) is 5.69 Å².